The third-order valence-electron chi connectivity index (χ3n) is 2.24. The van der Waals surface area contributed by atoms with Crippen molar-refractivity contribution in [3.05, 3.63) is 30.3 Å². The van der Waals surface area contributed by atoms with Gasteiger partial charge in [-0.05, 0) is 12.1 Å². The van der Waals surface area contributed by atoms with E-state index in [0.29, 0.717) is 12.3 Å². The molecule has 0 aliphatic heterocycles. The van der Waals surface area contributed by atoms with Gasteiger partial charge in [-0.15, -0.1) is 0 Å². The molecule has 0 spiro atoms. The Kier molecular flexibility index (Phi) is 5.32. The molecule has 1 aromatic rings. The fourth-order valence-corrected chi connectivity index (χ4v) is 1.26. The molecule has 0 saturated heterocycles. The van der Waals surface area contributed by atoms with Gasteiger partial charge in [-0.2, -0.15) is 0 Å². The molecule has 3 amide bonds. The molecule has 19 heavy (non-hydrogen) atoms. The van der Waals surface area contributed by atoms with E-state index in [-0.39, 0.29) is 0 Å². The second kappa shape index (κ2) is 6.75. The number of urea groups is 1. The number of quaternary nitrogens is 1. The summed E-state index contributed by atoms with van der Waals surface area (Å²) in [7, 11) is 6.05. The van der Waals surface area contributed by atoms with Gasteiger partial charge in [-0.25, -0.2) is 14.9 Å². The Morgan fingerprint density at radius 3 is 2.37 bits per heavy atom. The maximum atomic E-state index is 11.4. The highest BCUT2D eigenvalue weighted by molar-refractivity contribution is 5.91. The van der Waals surface area contributed by atoms with Crippen LogP contribution in [-0.2, 0) is 0 Å². The van der Waals surface area contributed by atoms with Crippen molar-refractivity contribution in [1.82, 2.24) is 10.6 Å². The molecule has 2 N–H and O–H groups in total. The van der Waals surface area contributed by atoms with Gasteiger partial charge < -0.3 is 14.5 Å². The molecule has 0 aliphatic carbocycles. The van der Waals surface area contributed by atoms with Gasteiger partial charge in [0.1, 0.15) is 5.75 Å². The number of imide groups is 1. The highest BCUT2D eigenvalue weighted by Gasteiger charge is 2.11. The molecule has 6 heteroatoms. The van der Waals surface area contributed by atoms with E-state index in [9.17, 15) is 9.59 Å². The lowest BCUT2D eigenvalue weighted by Crippen LogP contribution is -2.46. The number of carbonyl (C=O) groups is 2. The number of likely N-dealkylation sites (N-methyl/N-ethyl adjacent to an activating group) is 1. The lowest BCUT2D eigenvalue weighted by atomic mass is 10.3. The predicted octanol–water partition coefficient (Wildman–Crippen LogP) is 1.19. The molecule has 0 aliphatic rings. The van der Waals surface area contributed by atoms with Gasteiger partial charge in [0.15, 0.2) is 0 Å². The Balaban J connectivity index is 2.27. The highest BCUT2D eigenvalue weighted by Crippen LogP contribution is 2.07. The molecule has 104 valence electrons. The third-order valence-corrected chi connectivity index (χ3v) is 2.24. The number of nitrogens with zero attached hydrogens (tertiary/aromatic N) is 1. The molecule has 0 aromatic heterocycles. The highest BCUT2D eigenvalue weighted by atomic mass is 16.6. The van der Waals surface area contributed by atoms with Gasteiger partial charge in [0, 0.05) is 0 Å². The molecular formula is C13H20N3O3+. The average molecular weight is 266 g/mol. The molecule has 0 bridgehead atoms. The summed E-state index contributed by atoms with van der Waals surface area (Å²) in [6.45, 7) is 1.25. The second-order valence-electron chi connectivity index (χ2n) is 5.10. The van der Waals surface area contributed by atoms with Crippen LogP contribution in [0.1, 0.15) is 0 Å². The molecule has 0 radical (unpaired) electrons. The standard InChI is InChI=1S/C13H19N3O3/c1-16(2,3)10-9-14-12(17)15-13(18)19-11-7-5-4-6-8-11/h4-8H,9-10H2,1-3H3,(H-,14,15,17,18)/p+1. The molecule has 0 unspecified atom stereocenters. The van der Waals surface area contributed by atoms with Crippen molar-refractivity contribution in [2.45, 2.75) is 0 Å². The predicted molar refractivity (Wildman–Crippen MR) is 71.9 cm³/mol. The molecule has 0 saturated carbocycles. The zero-order chi connectivity index (χ0) is 14.3. The van der Waals surface area contributed by atoms with Crippen LogP contribution >= 0.6 is 0 Å². The molecule has 0 heterocycles. The van der Waals surface area contributed by atoms with Gasteiger partial charge in [0.25, 0.3) is 0 Å². The van der Waals surface area contributed by atoms with Crippen molar-refractivity contribution in [1.29, 1.82) is 0 Å². The van der Waals surface area contributed by atoms with Crippen LogP contribution in [0.5, 0.6) is 5.75 Å². The minimum atomic E-state index is -0.797. The number of rotatable bonds is 4. The summed E-state index contributed by atoms with van der Waals surface area (Å²) in [4.78, 5) is 22.8. The Morgan fingerprint density at radius 1 is 1.16 bits per heavy atom. The number of hydrogen-bond donors (Lipinski definition) is 2. The van der Waals surface area contributed by atoms with E-state index in [1.165, 1.54) is 0 Å². The van der Waals surface area contributed by atoms with E-state index in [4.69, 9.17) is 4.74 Å². The number of hydrogen-bond acceptors (Lipinski definition) is 3. The van der Waals surface area contributed by atoms with Crippen LogP contribution in [0.15, 0.2) is 30.3 Å². The van der Waals surface area contributed by atoms with Crippen molar-refractivity contribution in [2.75, 3.05) is 34.2 Å². The maximum Gasteiger partial charge on any atom is 0.420 e. The van der Waals surface area contributed by atoms with Crippen LogP contribution < -0.4 is 15.4 Å². The summed E-state index contributed by atoms with van der Waals surface area (Å²) in [5.74, 6) is 0.388. The van der Waals surface area contributed by atoms with Crippen LogP contribution in [-0.4, -0.2) is 50.8 Å². The molecular weight excluding hydrogens is 246 g/mol. The third kappa shape index (κ3) is 7.05. The Hall–Kier alpha value is -2.08. The van der Waals surface area contributed by atoms with E-state index in [1.54, 1.807) is 24.3 Å². The summed E-state index contributed by atoms with van der Waals surface area (Å²) < 4.78 is 5.65. The monoisotopic (exact) mass is 266 g/mol. The van der Waals surface area contributed by atoms with E-state index in [1.807, 2.05) is 27.2 Å². The van der Waals surface area contributed by atoms with Gasteiger partial charge in [-0.3, -0.25) is 0 Å². The normalized spacial score (nSPS) is 10.7. The second-order valence-corrected chi connectivity index (χ2v) is 5.10. The Morgan fingerprint density at radius 2 is 1.79 bits per heavy atom. The maximum absolute atomic E-state index is 11.4. The van der Waals surface area contributed by atoms with Crippen LogP contribution in [0.3, 0.4) is 0 Å². The van der Waals surface area contributed by atoms with Crippen LogP contribution in [0.2, 0.25) is 0 Å². The van der Waals surface area contributed by atoms with E-state index in [2.05, 4.69) is 10.6 Å². The van der Waals surface area contributed by atoms with Crippen molar-refractivity contribution < 1.29 is 18.8 Å². The summed E-state index contributed by atoms with van der Waals surface area (Å²) in [6, 6.07) is 7.99. The quantitative estimate of drug-likeness (QED) is 0.804. The van der Waals surface area contributed by atoms with Crippen LogP contribution in [0.25, 0.3) is 0 Å². The van der Waals surface area contributed by atoms with E-state index in [0.717, 1.165) is 11.0 Å². The zero-order valence-electron chi connectivity index (χ0n) is 11.5. The fourth-order valence-electron chi connectivity index (χ4n) is 1.26. The fraction of sp³-hybridized carbons (Fsp3) is 0.385. The average Bonchev–Trinajstić information content (AvgIpc) is 2.28. The van der Waals surface area contributed by atoms with Gasteiger partial charge in [0.2, 0.25) is 0 Å². The largest absolute Gasteiger partial charge is 0.420 e. The van der Waals surface area contributed by atoms with Crippen LogP contribution in [0, 0.1) is 0 Å². The molecule has 0 fully saturated rings. The van der Waals surface area contributed by atoms with Crippen molar-refractivity contribution in [3.63, 3.8) is 0 Å². The summed E-state index contributed by atoms with van der Waals surface area (Å²) >= 11 is 0. The number of carbonyl (C=O) groups excluding carboxylic acids is 2. The first-order valence-electron chi connectivity index (χ1n) is 5.99. The van der Waals surface area contributed by atoms with Crippen molar-refractivity contribution in [3.8, 4) is 5.75 Å². The summed E-state index contributed by atoms with van der Waals surface area (Å²) in [5, 5.41) is 4.69. The number of ether oxygens (including phenoxy) is 1. The molecule has 1 aromatic carbocycles. The first kappa shape index (κ1) is 15.0. The number of nitrogens with one attached hydrogen (secondary N) is 2. The number of benzene rings is 1. The summed E-state index contributed by atoms with van der Waals surface area (Å²) in [5.41, 5.74) is 0. The van der Waals surface area contributed by atoms with Crippen LogP contribution in [0.4, 0.5) is 9.59 Å². The lowest BCUT2D eigenvalue weighted by Gasteiger charge is -2.23. The number of para-hydroxylation sites is 1. The first-order chi connectivity index (χ1) is 8.87. The first-order valence-corrected chi connectivity index (χ1v) is 5.99. The van der Waals surface area contributed by atoms with Gasteiger partial charge in [-0.1, -0.05) is 18.2 Å². The van der Waals surface area contributed by atoms with Crippen molar-refractivity contribution >= 4 is 12.1 Å². The minimum absolute atomic E-state index is 0.388. The Bertz CT molecular complexity index is 427. The Labute approximate surface area is 112 Å². The van der Waals surface area contributed by atoms with Gasteiger partial charge in [0.05, 0.1) is 34.2 Å². The molecule has 6 nitrogen and oxygen atoms in total. The van der Waals surface area contributed by atoms with E-state index >= 15 is 0 Å². The van der Waals surface area contributed by atoms with E-state index < -0.39 is 12.1 Å². The zero-order valence-corrected chi connectivity index (χ0v) is 11.5. The minimum Gasteiger partial charge on any atom is -0.410 e. The molecule has 0 atom stereocenters. The van der Waals surface area contributed by atoms with Crippen molar-refractivity contribution in [2.24, 2.45) is 0 Å². The SMILES string of the molecule is C[N+](C)(C)CCNC(=O)NC(=O)Oc1ccccc1. The molecule has 1 rings (SSSR count). The topological polar surface area (TPSA) is 67.4 Å². The van der Waals surface area contributed by atoms with Gasteiger partial charge >= 0.3 is 12.1 Å². The lowest BCUT2D eigenvalue weighted by molar-refractivity contribution is -0.869. The smallest absolute Gasteiger partial charge is 0.410 e. The summed E-state index contributed by atoms with van der Waals surface area (Å²) in [6.07, 6.45) is -0.797. The number of amides is 3.